The number of pyridine rings is 1. The lowest BCUT2D eigenvalue weighted by Gasteiger charge is -2.40. The van der Waals surface area contributed by atoms with Gasteiger partial charge in [-0.25, -0.2) is 4.39 Å². The largest absolute Gasteiger partial charge is 0.394 e. The summed E-state index contributed by atoms with van der Waals surface area (Å²) in [6.07, 6.45) is 3.80. The fraction of sp³-hybridized carbons (Fsp3) is 0.286. The molecule has 5 heteroatoms. The van der Waals surface area contributed by atoms with Gasteiger partial charge in [-0.3, -0.25) is 9.78 Å². The van der Waals surface area contributed by atoms with Crippen molar-refractivity contribution in [3.05, 3.63) is 42.0 Å². The van der Waals surface area contributed by atoms with Crippen molar-refractivity contribution in [1.82, 2.24) is 9.88 Å². The minimum absolute atomic E-state index is 0.0386. The van der Waals surface area contributed by atoms with E-state index in [0.29, 0.717) is 22.9 Å². The molecule has 1 fully saturated rings. The maximum absolute atomic E-state index is 13.7. The Kier molecular flexibility index (Phi) is 2.91. The number of hydrogen-bond donors (Lipinski definition) is 1. The molecule has 0 saturated carbocycles. The minimum Gasteiger partial charge on any atom is -0.394 e. The maximum atomic E-state index is 13.7. The molecule has 1 saturated heterocycles. The zero-order valence-electron chi connectivity index (χ0n) is 10.2. The molecule has 2 aromatic rings. The molecule has 4 nitrogen and oxygen atoms in total. The number of hydrogen-bond acceptors (Lipinski definition) is 3. The van der Waals surface area contributed by atoms with Crippen molar-refractivity contribution < 1.29 is 14.3 Å². The van der Waals surface area contributed by atoms with Gasteiger partial charge in [-0.05, 0) is 24.6 Å². The van der Waals surface area contributed by atoms with Crippen LogP contribution in [0.5, 0.6) is 0 Å². The molecule has 1 aliphatic rings. The van der Waals surface area contributed by atoms with Gasteiger partial charge in [-0.2, -0.15) is 0 Å². The Bertz CT molecular complexity index is 642. The number of aliphatic hydroxyl groups excluding tert-OH is 1. The number of benzene rings is 1. The van der Waals surface area contributed by atoms with Crippen molar-refractivity contribution in [1.29, 1.82) is 0 Å². The third kappa shape index (κ3) is 1.86. The first-order valence-corrected chi connectivity index (χ1v) is 6.16. The summed E-state index contributed by atoms with van der Waals surface area (Å²) in [5, 5.41) is 10.0. The molecule has 2 heterocycles. The fourth-order valence-electron chi connectivity index (χ4n) is 2.39. The monoisotopic (exact) mass is 260 g/mol. The zero-order valence-corrected chi connectivity index (χ0v) is 10.2. The summed E-state index contributed by atoms with van der Waals surface area (Å²) in [6, 6.07) is 4.21. The number of aromatic nitrogens is 1. The normalized spacial score (nSPS) is 18.4. The van der Waals surface area contributed by atoms with E-state index in [9.17, 15) is 9.18 Å². The molecule has 3 rings (SSSR count). The Labute approximate surface area is 109 Å². The number of carbonyl (C=O) groups is 1. The summed E-state index contributed by atoms with van der Waals surface area (Å²) >= 11 is 0. The quantitative estimate of drug-likeness (QED) is 0.892. The van der Waals surface area contributed by atoms with Gasteiger partial charge >= 0.3 is 0 Å². The van der Waals surface area contributed by atoms with Crippen LogP contribution in [0.1, 0.15) is 16.8 Å². The van der Waals surface area contributed by atoms with E-state index in [1.165, 1.54) is 24.5 Å². The van der Waals surface area contributed by atoms with Crippen LogP contribution in [0.2, 0.25) is 0 Å². The second-order valence-corrected chi connectivity index (χ2v) is 4.64. The van der Waals surface area contributed by atoms with Crippen molar-refractivity contribution in [2.75, 3.05) is 13.2 Å². The highest BCUT2D eigenvalue weighted by molar-refractivity contribution is 6.07. The van der Waals surface area contributed by atoms with Crippen LogP contribution in [0.4, 0.5) is 4.39 Å². The van der Waals surface area contributed by atoms with Crippen LogP contribution < -0.4 is 0 Å². The van der Waals surface area contributed by atoms with Gasteiger partial charge in [0.15, 0.2) is 0 Å². The standard InChI is InChI=1S/C14H13FN2O2/c15-13-2-1-11(12-7-16-5-3-10(12)13)14(19)17-6-4-9(17)8-18/h1-3,5,7,9,18H,4,6,8H2. The zero-order chi connectivity index (χ0) is 13.4. The van der Waals surface area contributed by atoms with E-state index in [2.05, 4.69) is 4.98 Å². The van der Waals surface area contributed by atoms with Crippen LogP contribution in [-0.4, -0.2) is 40.1 Å². The highest BCUT2D eigenvalue weighted by atomic mass is 19.1. The molecule has 1 aliphatic heterocycles. The molecule has 0 radical (unpaired) electrons. The molecular weight excluding hydrogens is 247 g/mol. The van der Waals surface area contributed by atoms with Gasteiger partial charge in [0.1, 0.15) is 5.82 Å². The SMILES string of the molecule is O=C(c1ccc(F)c2ccncc12)N1CCC1CO. The third-order valence-electron chi connectivity index (χ3n) is 3.61. The van der Waals surface area contributed by atoms with Crippen LogP contribution in [0.15, 0.2) is 30.6 Å². The summed E-state index contributed by atoms with van der Waals surface area (Å²) < 4.78 is 13.7. The summed E-state index contributed by atoms with van der Waals surface area (Å²) in [7, 11) is 0. The summed E-state index contributed by atoms with van der Waals surface area (Å²) in [6.45, 7) is 0.590. The lowest BCUT2D eigenvalue weighted by molar-refractivity contribution is 0.0297. The van der Waals surface area contributed by atoms with Gasteiger partial charge < -0.3 is 10.0 Å². The minimum atomic E-state index is -0.365. The Morgan fingerprint density at radius 2 is 2.26 bits per heavy atom. The topological polar surface area (TPSA) is 53.4 Å². The number of halogens is 1. The third-order valence-corrected chi connectivity index (χ3v) is 3.61. The molecule has 0 spiro atoms. The second kappa shape index (κ2) is 4.59. The predicted octanol–water partition coefficient (Wildman–Crippen LogP) is 1.58. The van der Waals surface area contributed by atoms with Gasteiger partial charge in [0.05, 0.1) is 12.6 Å². The van der Waals surface area contributed by atoms with E-state index in [4.69, 9.17) is 5.11 Å². The first-order chi connectivity index (χ1) is 9.22. The molecular formula is C14H13FN2O2. The number of amides is 1. The Morgan fingerprint density at radius 3 is 2.95 bits per heavy atom. The van der Waals surface area contributed by atoms with E-state index < -0.39 is 0 Å². The average molecular weight is 260 g/mol. The van der Waals surface area contributed by atoms with Gasteiger partial charge in [-0.15, -0.1) is 0 Å². The Hall–Kier alpha value is -2.01. The molecule has 1 aromatic carbocycles. The summed E-state index contributed by atoms with van der Waals surface area (Å²) in [5.41, 5.74) is 0.433. The first-order valence-electron chi connectivity index (χ1n) is 6.16. The van der Waals surface area contributed by atoms with Gasteiger partial charge in [0, 0.05) is 35.3 Å². The van der Waals surface area contributed by atoms with Gasteiger partial charge in [0.2, 0.25) is 0 Å². The highest BCUT2D eigenvalue weighted by Gasteiger charge is 2.32. The molecule has 1 N–H and O–H groups in total. The Morgan fingerprint density at radius 1 is 1.42 bits per heavy atom. The van der Waals surface area contributed by atoms with Crippen LogP contribution >= 0.6 is 0 Å². The smallest absolute Gasteiger partial charge is 0.254 e. The van der Waals surface area contributed by atoms with Crippen molar-refractivity contribution in [2.45, 2.75) is 12.5 Å². The molecule has 1 aromatic heterocycles. The molecule has 0 aliphatic carbocycles. The van der Waals surface area contributed by atoms with E-state index in [-0.39, 0.29) is 24.4 Å². The van der Waals surface area contributed by atoms with E-state index >= 15 is 0 Å². The van der Waals surface area contributed by atoms with Crippen LogP contribution in [-0.2, 0) is 0 Å². The number of fused-ring (bicyclic) bond motifs is 1. The predicted molar refractivity (Wildman–Crippen MR) is 68.2 cm³/mol. The Balaban J connectivity index is 2.06. The summed E-state index contributed by atoms with van der Waals surface area (Å²) in [5.74, 6) is -0.542. The van der Waals surface area contributed by atoms with Crippen molar-refractivity contribution in [2.24, 2.45) is 0 Å². The molecule has 0 bridgehead atoms. The number of aliphatic hydroxyl groups is 1. The van der Waals surface area contributed by atoms with Crippen molar-refractivity contribution in [3.63, 3.8) is 0 Å². The first kappa shape index (κ1) is 12.0. The van der Waals surface area contributed by atoms with Crippen molar-refractivity contribution in [3.8, 4) is 0 Å². The highest BCUT2D eigenvalue weighted by Crippen LogP contribution is 2.26. The average Bonchev–Trinajstić information content (AvgIpc) is 2.38. The number of rotatable bonds is 2. The van der Waals surface area contributed by atoms with E-state index in [1.807, 2.05) is 0 Å². The number of nitrogens with zero attached hydrogens (tertiary/aromatic N) is 2. The molecule has 19 heavy (non-hydrogen) atoms. The van der Waals surface area contributed by atoms with Crippen LogP contribution in [0, 0.1) is 5.82 Å². The molecule has 1 unspecified atom stereocenters. The number of carbonyl (C=O) groups excluding carboxylic acids is 1. The van der Waals surface area contributed by atoms with Crippen molar-refractivity contribution >= 4 is 16.7 Å². The fourth-order valence-corrected chi connectivity index (χ4v) is 2.39. The summed E-state index contributed by atoms with van der Waals surface area (Å²) in [4.78, 5) is 17.9. The van der Waals surface area contributed by atoms with Gasteiger partial charge in [-0.1, -0.05) is 0 Å². The number of likely N-dealkylation sites (tertiary alicyclic amines) is 1. The van der Waals surface area contributed by atoms with Crippen LogP contribution in [0.3, 0.4) is 0 Å². The molecule has 98 valence electrons. The lowest BCUT2D eigenvalue weighted by Crippen LogP contribution is -2.52. The molecule has 1 atom stereocenters. The van der Waals surface area contributed by atoms with Crippen LogP contribution in [0.25, 0.3) is 10.8 Å². The van der Waals surface area contributed by atoms with Gasteiger partial charge in [0.25, 0.3) is 5.91 Å². The lowest BCUT2D eigenvalue weighted by atomic mass is 9.99. The van der Waals surface area contributed by atoms with E-state index in [0.717, 1.165) is 6.42 Å². The maximum Gasteiger partial charge on any atom is 0.254 e. The molecule has 1 amide bonds. The second-order valence-electron chi connectivity index (χ2n) is 4.64. The van der Waals surface area contributed by atoms with E-state index in [1.54, 1.807) is 11.0 Å².